The molecular weight excluding hydrogens is 333 g/mol. The van der Waals surface area contributed by atoms with Gasteiger partial charge in [0.15, 0.2) is 11.6 Å². The largest absolute Gasteiger partial charge is 0.465 e. The molecule has 1 aromatic heterocycles. The molecule has 0 atom stereocenters. The summed E-state index contributed by atoms with van der Waals surface area (Å²) in [7, 11) is 1.20. The summed E-state index contributed by atoms with van der Waals surface area (Å²) in [4.78, 5) is 24.9. The number of benzene rings is 1. The van der Waals surface area contributed by atoms with Gasteiger partial charge in [-0.25, -0.2) is 9.18 Å². The number of rotatable bonds is 3. The van der Waals surface area contributed by atoms with E-state index in [-0.39, 0.29) is 27.1 Å². The standard InChI is InChI=1S/C13H9BrFNO4/c1-19-13(18)7-4-9(14)12(10(15)5-7)20-8-2-3-16-11(17)6-8/h2-6H,1H3,(H,16,17). The molecular formula is C13H9BrFNO4. The zero-order chi connectivity index (χ0) is 14.7. The van der Waals surface area contributed by atoms with Gasteiger partial charge in [-0.2, -0.15) is 0 Å². The molecule has 20 heavy (non-hydrogen) atoms. The molecule has 0 saturated carbocycles. The van der Waals surface area contributed by atoms with Gasteiger partial charge in [0.05, 0.1) is 17.1 Å². The quantitative estimate of drug-likeness (QED) is 0.871. The topological polar surface area (TPSA) is 68.4 Å². The number of H-pyrrole nitrogens is 1. The highest BCUT2D eigenvalue weighted by molar-refractivity contribution is 9.10. The number of pyridine rings is 1. The Balaban J connectivity index is 2.38. The second-order valence-electron chi connectivity index (χ2n) is 3.75. The monoisotopic (exact) mass is 341 g/mol. The fraction of sp³-hybridized carbons (Fsp3) is 0.0769. The van der Waals surface area contributed by atoms with Crippen LogP contribution in [-0.2, 0) is 4.74 Å². The third kappa shape index (κ3) is 3.05. The Morgan fingerprint density at radius 2 is 2.10 bits per heavy atom. The molecule has 1 heterocycles. The Labute approximate surface area is 121 Å². The first-order chi connectivity index (χ1) is 9.51. The van der Waals surface area contributed by atoms with Crippen LogP contribution in [-0.4, -0.2) is 18.1 Å². The third-order valence-corrected chi connectivity index (χ3v) is 2.97. The number of methoxy groups -OCH3 is 1. The first-order valence-electron chi connectivity index (χ1n) is 5.45. The van der Waals surface area contributed by atoms with E-state index in [9.17, 15) is 14.0 Å². The van der Waals surface area contributed by atoms with E-state index >= 15 is 0 Å². The summed E-state index contributed by atoms with van der Waals surface area (Å²) in [5.41, 5.74) is -0.319. The summed E-state index contributed by atoms with van der Waals surface area (Å²) in [6.45, 7) is 0. The zero-order valence-corrected chi connectivity index (χ0v) is 11.9. The number of carbonyl (C=O) groups excluding carboxylic acids is 1. The van der Waals surface area contributed by atoms with E-state index in [0.717, 1.165) is 6.07 Å². The molecule has 2 rings (SSSR count). The van der Waals surface area contributed by atoms with Crippen molar-refractivity contribution in [2.24, 2.45) is 0 Å². The van der Waals surface area contributed by atoms with E-state index in [1.54, 1.807) is 0 Å². The average Bonchev–Trinajstić information content (AvgIpc) is 2.42. The van der Waals surface area contributed by atoms with Gasteiger partial charge in [-0.15, -0.1) is 0 Å². The minimum atomic E-state index is -0.750. The molecule has 0 aliphatic heterocycles. The first kappa shape index (κ1) is 14.3. The normalized spacial score (nSPS) is 10.2. The number of halogens is 2. The molecule has 0 saturated heterocycles. The number of ether oxygens (including phenoxy) is 2. The van der Waals surface area contributed by atoms with Crippen LogP contribution in [0.3, 0.4) is 0 Å². The Morgan fingerprint density at radius 1 is 1.35 bits per heavy atom. The van der Waals surface area contributed by atoms with Gasteiger partial charge in [-0.1, -0.05) is 0 Å². The molecule has 0 spiro atoms. The SMILES string of the molecule is COC(=O)c1cc(F)c(Oc2cc[nH]c(=O)c2)c(Br)c1. The molecule has 7 heteroatoms. The van der Waals surface area contributed by atoms with Crippen LogP contribution in [0.4, 0.5) is 4.39 Å². The maximum absolute atomic E-state index is 13.9. The summed E-state index contributed by atoms with van der Waals surface area (Å²) < 4.78 is 24.0. The molecule has 0 bridgehead atoms. The number of esters is 1. The van der Waals surface area contributed by atoms with Crippen molar-refractivity contribution in [1.82, 2.24) is 4.98 Å². The van der Waals surface area contributed by atoms with Gasteiger partial charge in [-0.05, 0) is 34.1 Å². The average molecular weight is 342 g/mol. The third-order valence-electron chi connectivity index (χ3n) is 2.39. The van der Waals surface area contributed by atoms with Gasteiger partial charge >= 0.3 is 5.97 Å². The molecule has 1 N–H and O–H groups in total. The molecule has 5 nitrogen and oxygen atoms in total. The van der Waals surface area contributed by atoms with E-state index in [1.807, 2.05) is 0 Å². The highest BCUT2D eigenvalue weighted by Crippen LogP contribution is 2.33. The number of hydrogen-bond donors (Lipinski definition) is 1. The molecule has 2 aromatic rings. The van der Waals surface area contributed by atoms with Gasteiger partial charge in [0.2, 0.25) is 0 Å². The lowest BCUT2D eigenvalue weighted by Gasteiger charge is -2.10. The van der Waals surface area contributed by atoms with E-state index in [4.69, 9.17) is 4.74 Å². The Kier molecular flexibility index (Phi) is 4.19. The molecule has 0 radical (unpaired) electrons. The Bertz CT molecular complexity index is 691. The van der Waals surface area contributed by atoms with Crippen LogP contribution >= 0.6 is 15.9 Å². The van der Waals surface area contributed by atoms with Crippen molar-refractivity contribution in [3.63, 3.8) is 0 Å². The number of carbonyl (C=O) groups is 1. The number of aromatic nitrogens is 1. The predicted octanol–water partition coefficient (Wildman–Crippen LogP) is 2.86. The summed E-state index contributed by atoms with van der Waals surface area (Å²) in [5.74, 6) is -1.35. The van der Waals surface area contributed by atoms with Gasteiger partial charge in [0.1, 0.15) is 5.75 Å². The van der Waals surface area contributed by atoms with Crippen LogP contribution in [0.5, 0.6) is 11.5 Å². The van der Waals surface area contributed by atoms with Crippen molar-refractivity contribution >= 4 is 21.9 Å². The number of hydrogen-bond acceptors (Lipinski definition) is 4. The minimum absolute atomic E-state index is 0.0510. The second kappa shape index (κ2) is 5.87. The Morgan fingerprint density at radius 3 is 2.70 bits per heavy atom. The van der Waals surface area contributed by atoms with E-state index in [0.29, 0.717) is 0 Å². The van der Waals surface area contributed by atoms with Crippen LogP contribution < -0.4 is 10.3 Å². The molecule has 0 fully saturated rings. The van der Waals surface area contributed by atoms with Gasteiger partial charge in [-0.3, -0.25) is 4.79 Å². The fourth-order valence-corrected chi connectivity index (χ4v) is 2.02. The smallest absolute Gasteiger partial charge is 0.337 e. The van der Waals surface area contributed by atoms with Crippen molar-refractivity contribution in [1.29, 1.82) is 0 Å². The highest BCUT2D eigenvalue weighted by Gasteiger charge is 2.16. The maximum atomic E-state index is 13.9. The van der Waals surface area contributed by atoms with E-state index in [1.165, 1.54) is 31.5 Å². The zero-order valence-electron chi connectivity index (χ0n) is 10.3. The van der Waals surface area contributed by atoms with E-state index < -0.39 is 11.8 Å². The van der Waals surface area contributed by atoms with Crippen molar-refractivity contribution in [3.8, 4) is 11.5 Å². The summed E-state index contributed by atoms with van der Waals surface area (Å²) >= 11 is 3.11. The fourth-order valence-electron chi connectivity index (χ4n) is 1.50. The summed E-state index contributed by atoms with van der Waals surface area (Å²) in [6, 6.07) is 5.03. The molecule has 0 aliphatic rings. The second-order valence-corrected chi connectivity index (χ2v) is 4.61. The lowest BCUT2D eigenvalue weighted by atomic mass is 10.2. The van der Waals surface area contributed by atoms with Gasteiger partial charge in [0.25, 0.3) is 5.56 Å². The van der Waals surface area contributed by atoms with Crippen LogP contribution in [0.15, 0.2) is 39.7 Å². The first-order valence-corrected chi connectivity index (χ1v) is 6.24. The van der Waals surface area contributed by atoms with Crippen molar-refractivity contribution in [3.05, 3.63) is 56.7 Å². The van der Waals surface area contributed by atoms with Crippen LogP contribution in [0, 0.1) is 5.82 Å². The predicted molar refractivity (Wildman–Crippen MR) is 72.6 cm³/mol. The summed E-state index contributed by atoms with van der Waals surface area (Å²) in [5, 5.41) is 0. The van der Waals surface area contributed by atoms with Crippen LogP contribution in [0.25, 0.3) is 0 Å². The molecule has 0 unspecified atom stereocenters. The number of aromatic amines is 1. The van der Waals surface area contributed by atoms with Gasteiger partial charge in [0, 0.05) is 12.3 Å². The lowest BCUT2D eigenvalue weighted by molar-refractivity contribution is 0.0600. The lowest BCUT2D eigenvalue weighted by Crippen LogP contribution is -2.04. The molecule has 1 aromatic carbocycles. The van der Waals surface area contributed by atoms with Crippen molar-refractivity contribution < 1.29 is 18.7 Å². The van der Waals surface area contributed by atoms with Crippen molar-refractivity contribution in [2.75, 3.05) is 7.11 Å². The number of nitrogens with one attached hydrogen (secondary N) is 1. The van der Waals surface area contributed by atoms with E-state index in [2.05, 4.69) is 25.7 Å². The van der Waals surface area contributed by atoms with Crippen molar-refractivity contribution in [2.45, 2.75) is 0 Å². The van der Waals surface area contributed by atoms with Crippen LogP contribution in [0.2, 0.25) is 0 Å². The minimum Gasteiger partial charge on any atom is -0.465 e. The highest BCUT2D eigenvalue weighted by atomic mass is 79.9. The van der Waals surface area contributed by atoms with Gasteiger partial charge < -0.3 is 14.5 Å². The molecule has 0 aliphatic carbocycles. The van der Waals surface area contributed by atoms with Crippen LogP contribution in [0.1, 0.15) is 10.4 Å². The molecule has 0 amide bonds. The maximum Gasteiger partial charge on any atom is 0.337 e. The summed E-state index contributed by atoms with van der Waals surface area (Å²) in [6.07, 6.45) is 1.38. The molecule has 104 valence electrons. The Hall–Kier alpha value is -2.15.